The van der Waals surface area contributed by atoms with E-state index in [-0.39, 0.29) is 0 Å². The van der Waals surface area contributed by atoms with Crippen LogP contribution in [0.4, 0.5) is 0 Å². The average molecular weight is 311 g/mol. The first kappa shape index (κ1) is 18.2. The maximum absolute atomic E-state index is 6.00. The molecule has 0 aliphatic rings. The fourth-order valence-electron chi connectivity index (χ4n) is 2.01. The molecule has 0 unspecified atom stereocenters. The summed E-state index contributed by atoms with van der Waals surface area (Å²) in [5.74, 6) is 3.52. The molecule has 21 heavy (non-hydrogen) atoms. The van der Waals surface area contributed by atoms with E-state index in [9.17, 15) is 0 Å². The Kier molecular flexibility index (Phi) is 9.35. The van der Waals surface area contributed by atoms with Gasteiger partial charge in [-0.1, -0.05) is 26.0 Å². The molecule has 1 aromatic carbocycles. The van der Waals surface area contributed by atoms with Crippen LogP contribution in [0.25, 0.3) is 0 Å². The number of hydrogen-bond donors (Lipinski definition) is 1. The number of rotatable bonds is 11. The number of hydrogen-bond acceptors (Lipinski definition) is 4. The lowest BCUT2D eigenvalue weighted by atomic mass is 10.1. The Hall–Kier alpha value is -0.870. The minimum atomic E-state index is 0.644. The zero-order valence-corrected chi connectivity index (χ0v) is 14.6. The lowest BCUT2D eigenvalue weighted by molar-refractivity contribution is 0.274. The van der Waals surface area contributed by atoms with Gasteiger partial charge in [0.15, 0.2) is 11.5 Å². The molecule has 0 aliphatic carbocycles. The van der Waals surface area contributed by atoms with E-state index >= 15 is 0 Å². The van der Waals surface area contributed by atoms with Crippen LogP contribution in [0.1, 0.15) is 32.8 Å². The summed E-state index contributed by atoms with van der Waals surface area (Å²) in [5, 5.41) is 3.47. The Morgan fingerprint density at radius 2 is 2.05 bits per heavy atom. The topological polar surface area (TPSA) is 30.5 Å². The molecule has 1 rings (SSSR count). The Labute approximate surface area is 133 Å². The van der Waals surface area contributed by atoms with Gasteiger partial charge in [-0.05, 0) is 43.9 Å². The number of ether oxygens (including phenoxy) is 2. The number of para-hydroxylation sites is 1. The highest BCUT2D eigenvalue weighted by atomic mass is 32.2. The van der Waals surface area contributed by atoms with E-state index in [4.69, 9.17) is 9.47 Å². The molecule has 4 heteroatoms. The van der Waals surface area contributed by atoms with Crippen molar-refractivity contribution in [1.29, 1.82) is 0 Å². The van der Waals surface area contributed by atoms with E-state index in [1.54, 1.807) is 0 Å². The van der Waals surface area contributed by atoms with Crippen molar-refractivity contribution >= 4 is 11.8 Å². The Morgan fingerprint density at radius 1 is 1.24 bits per heavy atom. The van der Waals surface area contributed by atoms with Crippen LogP contribution in [0, 0.1) is 5.92 Å². The maximum atomic E-state index is 6.00. The largest absolute Gasteiger partial charge is 0.490 e. The fraction of sp³-hybridized carbons (Fsp3) is 0.647. The van der Waals surface area contributed by atoms with Crippen LogP contribution in [0.2, 0.25) is 0 Å². The molecule has 3 nitrogen and oxygen atoms in total. The molecule has 0 saturated heterocycles. The molecule has 0 amide bonds. The van der Waals surface area contributed by atoms with Gasteiger partial charge in [-0.15, -0.1) is 0 Å². The maximum Gasteiger partial charge on any atom is 0.165 e. The summed E-state index contributed by atoms with van der Waals surface area (Å²) in [6, 6.07) is 6.13. The summed E-state index contributed by atoms with van der Waals surface area (Å²) in [5.41, 5.74) is 1.17. The van der Waals surface area contributed by atoms with Crippen LogP contribution in [0.5, 0.6) is 11.5 Å². The highest BCUT2D eigenvalue weighted by Crippen LogP contribution is 2.31. The average Bonchev–Trinajstić information content (AvgIpc) is 2.45. The third-order valence-corrected chi connectivity index (χ3v) is 3.66. The van der Waals surface area contributed by atoms with Crippen molar-refractivity contribution in [2.45, 2.75) is 33.7 Å². The molecule has 1 N–H and O–H groups in total. The van der Waals surface area contributed by atoms with Gasteiger partial charge in [0.2, 0.25) is 0 Å². The lowest BCUT2D eigenvalue weighted by Gasteiger charge is -2.17. The van der Waals surface area contributed by atoms with Gasteiger partial charge in [0.25, 0.3) is 0 Å². The smallest absolute Gasteiger partial charge is 0.165 e. The van der Waals surface area contributed by atoms with Crippen molar-refractivity contribution < 1.29 is 9.47 Å². The fourth-order valence-corrected chi connectivity index (χ4v) is 2.41. The van der Waals surface area contributed by atoms with E-state index in [1.807, 2.05) is 30.8 Å². The monoisotopic (exact) mass is 311 g/mol. The van der Waals surface area contributed by atoms with Gasteiger partial charge in [-0.3, -0.25) is 0 Å². The second-order valence-corrected chi connectivity index (χ2v) is 6.38. The predicted molar refractivity (Wildman–Crippen MR) is 92.6 cm³/mol. The normalized spacial score (nSPS) is 10.9. The molecule has 0 spiro atoms. The van der Waals surface area contributed by atoms with Crippen LogP contribution in [0.3, 0.4) is 0 Å². The van der Waals surface area contributed by atoms with Crippen LogP contribution in [0.15, 0.2) is 18.2 Å². The van der Waals surface area contributed by atoms with Crippen molar-refractivity contribution in [3.63, 3.8) is 0 Å². The van der Waals surface area contributed by atoms with Crippen molar-refractivity contribution in [3.8, 4) is 11.5 Å². The quantitative estimate of drug-likeness (QED) is 0.627. The van der Waals surface area contributed by atoms with Crippen molar-refractivity contribution in [3.05, 3.63) is 23.8 Å². The zero-order chi connectivity index (χ0) is 15.5. The van der Waals surface area contributed by atoms with Gasteiger partial charge in [-0.25, -0.2) is 0 Å². The van der Waals surface area contributed by atoms with E-state index in [2.05, 4.69) is 31.5 Å². The van der Waals surface area contributed by atoms with E-state index in [1.165, 1.54) is 5.56 Å². The van der Waals surface area contributed by atoms with Crippen LogP contribution >= 0.6 is 11.8 Å². The third kappa shape index (κ3) is 7.09. The van der Waals surface area contributed by atoms with Crippen molar-refractivity contribution in [1.82, 2.24) is 5.32 Å². The van der Waals surface area contributed by atoms with Gasteiger partial charge in [0.1, 0.15) is 0 Å². The highest BCUT2D eigenvalue weighted by molar-refractivity contribution is 7.98. The minimum Gasteiger partial charge on any atom is -0.490 e. The summed E-state index contributed by atoms with van der Waals surface area (Å²) < 4.78 is 11.7. The van der Waals surface area contributed by atoms with E-state index in [0.717, 1.165) is 43.4 Å². The van der Waals surface area contributed by atoms with Gasteiger partial charge >= 0.3 is 0 Å². The molecule has 1 aromatic rings. The summed E-state index contributed by atoms with van der Waals surface area (Å²) >= 11 is 1.85. The third-order valence-electron chi connectivity index (χ3n) is 2.97. The van der Waals surface area contributed by atoms with E-state index < -0.39 is 0 Å². The first-order valence-corrected chi connectivity index (χ1v) is 9.15. The van der Waals surface area contributed by atoms with Crippen LogP contribution < -0.4 is 14.8 Å². The van der Waals surface area contributed by atoms with Crippen molar-refractivity contribution in [2.24, 2.45) is 5.92 Å². The molecule has 0 aliphatic heterocycles. The first-order chi connectivity index (χ1) is 10.2. The molecule has 120 valence electrons. The molecule has 0 bridgehead atoms. The zero-order valence-electron chi connectivity index (χ0n) is 13.8. The standard InChI is InChI=1S/C17H29NO2S/c1-5-19-16-9-6-8-15(13-18-12-14(2)3)17(16)20-10-7-11-21-4/h6,8-9,14,18H,5,7,10-13H2,1-4H3. The summed E-state index contributed by atoms with van der Waals surface area (Å²) in [7, 11) is 0. The Bertz CT molecular complexity index is 396. The molecular formula is C17H29NO2S. The van der Waals surface area contributed by atoms with Gasteiger partial charge in [0, 0.05) is 12.1 Å². The van der Waals surface area contributed by atoms with Gasteiger partial charge in [0.05, 0.1) is 13.2 Å². The predicted octanol–water partition coefficient (Wildman–Crippen LogP) is 3.96. The molecule has 0 atom stereocenters. The highest BCUT2D eigenvalue weighted by Gasteiger charge is 2.11. The Morgan fingerprint density at radius 3 is 2.71 bits per heavy atom. The molecule has 0 heterocycles. The second-order valence-electron chi connectivity index (χ2n) is 5.40. The van der Waals surface area contributed by atoms with E-state index in [0.29, 0.717) is 12.5 Å². The van der Waals surface area contributed by atoms with Gasteiger partial charge < -0.3 is 14.8 Å². The molecule has 0 fully saturated rings. The van der Waals surface area contributed by atoms with Crippen LogP contribution in [-0.2, 0) is 6.54 Å². The first-order valence-electron chi connectivity index (χ1n) is 7.76. The molecular weight excluding hydrogens is 282 g/mol. The van der Waals surface area contributed by atoms with Crippen molar-refractivity contribution in [2.75, 3.05) is 31.8 Å². The summed E-state index contributed by atoms with van der Waals surface area (Å²) in [4.78, 5) is 0. The van der Waals surface area contributed by atoms with Crippen LogP contribution in [-0.4, -0.2) is 31.8 Å². The number of thioether (sulfide) groups is 1. The molecule has 0 aromatic heterocycles. The summed E-state index contributed by atoms with van der Waals surface area (Å²) in [6.07, 6.45) is 3.18. The number of benzene rings is 1. The number of nitrogens with one attached hydrogen (secondary N) is 1. The lowest BCUT2D eigenvalue weighted by Crippen LogP contribution is -2.19. The Balaban J connectivity index is 2.71. The van der Waals surface area contributed by atoms with Gasteiger partial charge in [-0.2, -0.15) is 11.8 Å². The molecule has 0 radical (unpaired) electrons. The second kappa shape index (κ2) is 10.8. The minimum absolute atomic E-state index is 0.644. The molecule has 0 saturated carbocycles. The summed E-state index contributed by atoms with van der Waals surface area (Å²) in [6.45, 7) is 9.64. The SMILES string of the molecule is CCOc1cccc(CNCC(C)C)c1OCCCSC.